The maximum atomic E-state index is 5.66. The van der Waals surface area contributed by atoms with Crippen LogP contribution < -0.4 is 10.1 Å². The van der Waals surface area contributed by atoms with Gasteiger partial charge in [-0.05, 0) is 42.0 Å². The molecule has 1 aromatic heterocycles. The van der Waals surface area contributed by atoms with Gasteiger partial charge in [-0.1, -0.05) is 6.42 Å². The molecule has 1 saturated heterocycles. The summed E-state index contributed by atoms with van der Waals surface area (Å²) in [5.41, 5.74) is 0. The summed E-state index contributed by atoms with van der Waals surface area (Å²) in [7, 11) is 0. The zero-order valence-electron chi connectivity index (χ0n) is 8.45. The van der Waals surface area contributed by atoms with E-state index in [1.54, 1.807) is 6.20 Å². The van der Waals surface area contributed by atoms with Crippen molar-refractivity contribution < 1.29 is 4.74 Å². The Bertz CT molecular complexity index is 315. The van der Waals surface area contributed by atoms with Gasteiger partial charge in [-0.25, -0.2) is 9.97 Å². The van der Waals surface area contributed by atoms with Crippen LogP contribution in [0.2, 0.25) is 0 Å². The van der Waals surface area contributed by atoms with Gasteiger partial charge in [0.25, 0.3) is 0 Å². The van der Waals surface area contributed by atoms with Gasteiger partial charge >= 0.3 is 0 Å². The second-order valence-electron chi connectivity index (χ2n) is 3.63. The van der Waals surface area contributed by atoms with Gasteiger partial charge < -0.3 is 10.1 Å². The zero-order chi connectivity index (χ0) is 10.5. The van der Waals surface area contributed by atoms with Gasteiger partial charge in [0.05, 0.1) is 3.57 Å². The van der Waals surface area contributed by atoms with Crippen LogP contribution in [-0.2, 0) is 0 Å². The van der Waals surface area contributed by atoms with Crippen LogP contribution in [0.1, 0.15) is 19.3 Å². The molecule has 0 aliphatic carbocycles. The summed E-state index contributed by atoms with van der Waals surface area (Å²) in [5.74, 6) is 0.693. The topological polar surface area (TPSA) is 47.0 Å². The Labute approximate surface area is 103 Å². The largest absolute Gasteiger partial charge is 0.475 e. The molecule has 5 heteroatoms. The van der Waals surface area contributed by atoms with E-state index in [-0.39, 0.29) is 0 Å². The lowest BCUT2D eigenvalue weighted by Gasteiger charge is -2.23. The Balaban J connectivity index is 1.84. The molecule has 1 unspecified atom stereocenters. The second-order valence-corrected chi connectivity index (χ2v) is 4.80. The highest BCUT2D eigenvalue weighted by molar-refractivity contribution is 14.1. The average Bonchev–Trinajstić information content (AvgIpc) is 2.29. The summed E-state index contributed by atoms with van der Waals surface area (Å²) in [6, 6.07) is 0.476. The third kappa shape index (κ3) is 3.27. The van der Waals surface area contributed by atoms with Crippen molar-refractivity contribution in [3.63, 3.8) is 0 Å². The Hall–Kier alpha value is -0.430. The molecule has 1 N–H and O–H groups in total. The first-order valence-electron chi connectivity index (χ1n) is 5.18. The van der Waals surface area contributed by atoms with Crippen LogP contribution in [0, 0.1) is 3.57 Å². The highest BCUT2D eigenvalue weighted by Crippen LogP contribution is 2.16. The lowest BCUT2D eigenvalue weighted by Crippen LogP contribution is -2.38. The molecule has 1 aliphatic rings. The molecule has 1 fully saturated rings. The van der Waals surface area contributed by atoms with Crippen molar-refractivity contribution >= 4 is 22.6 Å². The summed E-state index contributed by atoms with van der Waals surface area (Å²) in [6.45, 7) is 1.81. The molecule has 2 heterocycles. The van der Waals surface area contributed by atoms with Gasteiger partial charge in [0.2, 0.25) is 5.88 Å². The summed E-state index contributed by atoms with van der Waals surface area (Å²) < 4.78 is 6.62. The van der Waals surface area contributed by atoms with Crippen LogP contribution in [-0.4, -0.2) is 29.2 Å². The number of nitrogens with zero attached hydrogens (tertiary/aromatic N) is 2. The van der Waals surface area contributed by atoms with Crippen LogP contribution in [0.4, 0.5) is 0 Å². The molecule has 0 aromatic carbocycles. The molecule has 0 saturated carbocycles. The van der Waals surface area contributed by atoms with Crippen LogP contribution >= 0.6 is 22.6 Å². The molecule has 82 valence electrons. The first-order valence-corrected chi connectivity index (χ1v) is 6.26. The first-order chi connectivity index (χ1) is 7.36. The van der Waals surface area contributed by atoms with Crippen molar-refractivity contribution in [2.24, 2.45) is 0 Å². The second kappa shape index (κ2) is 5.60. The van der Waals surface area contributed by atoms with Crippen molar-refractivity contribution in [3.05, 3.63) is 16.1 Å². The van der Waals surface area contributed by atoms with Crippen molar-refractivity contribution in [1.82, 2.24) is 15.3 Å². The number of aromatic nitrogens is 2. The number of piperidine rings is 1. The maximum Gasteiger partial charge on any atom is 0.230 e. The fourth-order valence-corrected chi connectivity index (χ4v) is 2.11. The molecule has 4 nitrogen and oxygen atoms in total. The number of ether oxygens (including phenoxy) is 1. The van der Waals surface area contributed by atoms with E-state index in [0.29, 0.717) is 18.5 Å². The predicted molar refractivity (Wildman–Crippen MR) is 65.9 cm³/mol. The molecule has 1 aromatic rings. The zero-order valence-corrected chi connectivity index (χ0v) is 10.6. The third-order valence-corrected chi connectivity index (χ3v) is 3.21. The van der Waals surface area contributed by atoms with Gasteiger partial charge in [0.1, 0.15) is 12.9 Å². The number of rotatable bonds is 3. The van der Waals surface area contributed by atoms with Gasteiger partial charge in [0, 0.05) is 12.2 Å². The SMILES string of the molecule is Ic1cncnc1OCC1CCCCN1. The normalized spacial score (nSPS) is 21.3. The minimum Gasteiger partial charge on any atom is -0.475 e. The lowest BCUT2D eigenvalue weighted by atomic mass is 10.1. The van der Waals surface area contributed by atoms with Gasteiger partial charge in [-0.15, -0.1) is 0 Å². The number of hydrogen-bond acceptors (Lipinski definition) is 4. The van der Waals surface area contributed by atoms with Crippen LogP contribution in [0.15, 0.2) is 12.5 Å². The fraction of sp³-hybridized carbons (Fsp3) is 0.600. The number of nitrogens with one attached hydrogen (secondary N) is 1. The lowest BCUT2D eigenvalue weighted by molar-refractivity contribution is 0.230. The number of halogens is 1. The third-order valence-electron chi connectivity index (χ3n) is 2.47. The van der Waals surface area contributed by atoms with E-state index in [4.69, 9.17) is 4.74 Å². The summed E-state index contributed by atoms with van der Waals surface area (Å²) in [4.78, 5) is 8.02. The fourth-order valence-electron chi connectivity index (χ4n) is 1.65. The Morgan fingerprint density at radius 3 is 3.20 bits per heavy atom. The minimum absolute atomic E-state index is 0.476. The van der Waals surface area contributed by atoms with E-state index >= 15 is 0 Å². The average molecular weight is 319 g/mol. The van der Waals surface area contributed by atoms with Crippen molar-refractivity contribution in [2.45, 2.75) is 25.3 Å². The Kier molecular flexibility index (Phi) is 4.13. The summed E-state index contributed by atoms with van der Waals surface area (Å²) in [6.07, 6.45) is 7.05. The van der Waals surface area contributed by atoms with Gasteiger partial charge in [0.15, 0.2) is 0 Å². The van der Waals surface area contributed by atoms with Crippen molar-refractivity contribution in [2.75, 3.05) is 13.2 Å². The summed E-state index contributed by atoms with van der Waals surface area (Å²) in [5, 5.41) is 3.44. The van der Waals surface area contributed by atoms with Crippen molar-refractivity contribution in [1.29, 1.82) is 0 Å². The smallest absolute Gasteiger partial charge is 0.230 e. The van der Waals surface area contributed by atoms with Crippen LogP contribution in [0.25, 0.3) is 0 Å². The van der Waals surface area contributed by atoms with E-state index in [9.17, 15) is 0 Å². The van der Waals surface area contributed by atoms with Gasteiger partial charge in [-0.2, -0.15) is 0 Å². The molecular formula is C10H14IN3O. The highest BCUT2D eigenvalue weighted by atomic mass is 127. The number of hydrogen-bond donors (Lipinski definition) is 1. The molecule has 0 amide bonds. The standard InChI is InChI=1S/C10H14IN3O/c11-9-5-12-7-14-10(9)15-6-8-3-1-2-4-13-8/h5,7-8,13H,1-4,6H2. The van der Waals surface area contributed by atoms with E-state index in [1.165, 1.54) is 25.6 Å². The maximum absolute atomic E-state index is 5.66. The Morgan fingerprint density at radius 2 is 2.47 bits per heavy atom. The molecule has 0 bridgehead atoms. The Morgan fingerprint density at radius 1 is 1.53 bits per heavy atom. The molecule has 0 radical (unpaired) electrons. The monoisotopic (exact) mass is 319 g/mol. The molecule has 15 heavy (non-hydrogen) atoms. The van der Waals surface area contributed by atoms with Crippen LogP contribution in [0.3, 0.4) is 0 Å². The predicted octanol–water partition coefficient (Wildman–Crippen LogP) is 1.60. The molecule has 2 rings (SSSR count). The molecule has 1 aliphatic heterocycles. The van der Waals surface area contributed by atoms with Crippen LogP contribution in [0.5, 0.6) is 5.88 Å². The van der Waals surface area contributed by atoms with Crippen molar-refractivity contribution in [3.8, 4) is 5.88 Å². The molecule has 1 atom stereocenters. The van der Waals surface area contributed by atoms with E-state index in [2.05, 4.69) is 37.9 Å². The van der Waals surface area contributed by atoms with E-state index < -0.39 is 0 Å². The quantitative estimate of drug-likeness (QED) is 0.860. The molecular weight excluding hydrogens is 305 g/mol. The summed E-state index contributed by atoms with van der Waals surface area (Å²) >= 11 is 2.18. The minimum atomic E-state index is 0.476. The molecule has 0 spiro atoms. The van der Waals surface area contributed by atoms with E-state index in [1.807, 2.05) is 0 Å². The first kappa shape index (κ1) is 11.1. The highest BCUT2D eigenvalue weighted by Gasteiger charge is 2.13. The van der Waals surface area contributed by atoms with E-state index in [0.717, 1.165) is 10.1 Å². The van der Waals surface area contributed by atoms with Gasteiger partial charge in [-0.3, -0.25) is 0 Å².